The summed E-state index contributed by atoms with van der Waals surface area (Å²) in [5, 5.41) is 3.49. The topological polar surface area (TPSA) is 86.8 Å². The highest BCUT2D eigenvalue weighted by atomic mass is 35.5. The summed E-state index contributed by atoms with van der Waals surface area (Å²) >= 11 is 7.59. The molecule has 10 heteroatoms. The van der Waals surface area contributed by atoms with Crippen LogP contribution in [-0.4, -0.2) is 50.5 Å². The Bertz CT molecular complexity index is 1400. The van der Waals surface area contributed by atoms with Crippen molar-refractivity contribution in [2.24, 2.45) is 0 Å². The monoisotopic (exact) mass is 615 g/mol. The van der Waals surface area contributed by atoms with Crippen LogP contribution < -0.4 is 9.62 Å². The average molecular weight is 616 g/mol. The summed E-state index contributed by atoms with van der Waals surface area (Å²) in [5.41, 5.74) is 2.10. The third kappa shape index (κ3) is 8.74. The van der Waals surface area contributed by atoms with Crippen molar-refractivity contribution in [3.05, 3.63) is 88.9 Å². The van der Waals surface area contributed by atoms with Crippen LogP contribution in [0.2, 0.25) is 5.02 Å². The first-order chi connectivity index (χ1) is 19.6. The van der Waals surface area contributed by atoms with Crippen LogP contribution in [0.4, 0.5) is 5.69 Å². The molecule has 0 aliphatic rings. The highest BCUT2D eigenvalue weighted by Gasteiger charge is 2.33. The molecule has 0 heterocycles. The maximum Gasteiger partial charge on any atom is 0.264 e. The minimum Gasteiger partial charge on any atom is -0.354 e. The number of halogens is 1. The highest BCUT2D eigenvalue weighted by Crippen LogP contribution is 2.27. The van der Waals surface area contributed by atoms with Crippen molar-refractivity contribution in [1.29, 1.82) is 0 Å². The Hall–Kier alpha value is -3.01. The molecule has 0 saturated heterocycles. The van der Waals surface area contributed by atoms with Crippen LogP contribution in [0.25, 0.3) is 0 Å². The molecule has 0 saturated carbocycles. The van der Waals surface area contributed by atoms with Gasteiger partial charge >= 0.3 is 0 Å². The molecule has 0 fully saturated rings. The Labute approximate surface area is 253 Å². The molecule has 3 rings (SSSR count). The molecule has 1 atom stereocenters. The minimum absolute atomic E-state index is 0.0808. The van der Waals surface area contributed by atoms with Gasteiger partial charge in [-0.05, 0) is 80.1 Å². The van der Waals surface area contributed by atoms with Gasteiger partial charge in [0.25, 0.3) is 10.0 Å². The van der Waals surface area contributed by atoms with Crippen LogP contribution in [0.15, 0.2) is 82.6 Å². The maximum atomic E-state index is 14.1. The number of anilines is 1. The zero-order chi connectivity index (χ0) is 30.0. The van der Waals surface area contributed by atoms with Gasteiger partial charge in [-0.25, -0.2) is 8.42 Å². The first-order valence-electron chi connectivity index (χ1n) is 13.7. The average Bonchev–Trinajstić information content (AvgIpc) is 2.97. The Balaban J connectivity index is 2.02. The number of benzene rings is 3. The lowest BCUT2D eigenvalue weighted by atomic mass is 10.1. The fourth-order valence-corrected chi connectivity index (χ4v) is 6.28. The molecule has 0 aliphatic carbocycles. The molecule has 2 amide bonds. The van der Waals surface area contributed by atoms with Crippen molar-refractivity contribution < 1.29 is 18.0 Å². The lowest BCUT2D eigenvalue weighted by Crippen LogP contribution is -2.52. The molecule has 0 aliphatic heterocycles. The van der Waals surface area contributed by atoms with E-state index in [1.807, 2.05) is 27.0 Å². The standard InChI is InChI=1S/C31H38ClN3O4S2/c1-5-7-20-33-31(37)29(6-2)34(21-24-10-12-25(32)13-11-24)30(36)22-35(26-14-8-23(3)9-15-26)41(38,39)28-18-16-27(40-4)17-19-28/h8-19,29H,5-7,20-22H2,1-4H3,(H,33,37)/t29-/m0/s1. The van der Waals surface area contributed by atoms with E-state index in [1.54, 1.807) is 72.8 Å². The number of carbonyl (C=O) groups excluding carboxylic acids is 2. The van der Waals surface area contributed by atoms with Gasteiger partial charge < -0.3 is 10.2 Å². The molecule has 0 bridgehead atoms. The van der Waals surface area contributed by atoms with Crippen LogP contribution in [0.3, 0.4) is 0 Å². The van der Waals surface area contributed by atoms with E-state index >= 15 is 0 Å². The summed E-state index contributed by atoms with van der Waals surface area (Å²) in [4.78, 5) is 29.8. The molecular formula is C31H38ClN3O4S2. The number of hydrogen-bond donors (Lipinski definition) is 1. The normalized spacial score (nSPS) is 12.0. The van der Waals surface area contributed by atoms with E-state index in [4.69, 9.17) is 11.6 Å². The summed E-state index contributed by atoms with van der Waals surface area (Å²) < 4.78 is 29.1. The van der Waals surface area contributed by atoms with Gasteiger partial charge in [-0.3, -0.25) is 13.9 Å². The van der Waals surface area contributed by atoms with E-state index in [2.05, 4.69) is 5.32 Å². The summed E-state index contributed by atoms with van der Waals surface area (Å²) in [5.74, 6) is -0.747. The third-order valence-corrected chi connectivity index (χ3v) is 9.51. The van der Waals surface area contributed by atoms with Crippen molar-refractivity contribution in [2.75, 3.05) is 23.7 Å². The quantitative estimate of drug-likeness (QED) is 0.170. The second-order valence-electron chi connectivity index (χ2n) is 9.74. The summed E-state index contributed by atoms with van der Waals surface area (Å²) in [7, 11) is -4.11. The van der Waals surface area contributed by atoms with Gasteiger partial charge in [0, 0.05) is 23.0 Å². The summed E-state index contributed by atoms with van der Waals surface area (Å²) in [6, 6.07) is 19.8. The van der Waals surface area contributed by atoms with Crippen molar-refractivity contribution in [3.8, 4) is 0 Å². The zero-order valence-electron chi connectivity index (χ0n) is 24.0. The van der Waals surface area contributed by atoms with Gasteiger partial charge in [-0.15, -0.1) is 11.8 Å². The fourth-order valence-electron chi connectivity index (χ4n) is 4.33. The zero-order valence-corrected chi connectivity index (χ0v) is 26.4. The Morgan fingerprint density at radius 2 is 1.59 bits per heavy atom. The molecular weight excluding hydrogens is 578 g/mol. The SMILES string of the molecule is CCCCNC(=O)[C@H](CC)N(Cc1ccc(Cl)cc1)C(=O)CN(c1ccc(C)cc1)S(=O)(=O)c1ccc(SC)cc1. The van der Waals surface area contributed by atoms with Gasteiger partial charge in [0.2, 0.25) is 11.8 Å². The smallest absolute Gasteiger partial charge is 0.264 e. The second-order valence-corrected chi connectivity index (χ2v) is 12.9. The molecule has 0 spiro atoms. The van der Waals surface area contributed by atoms with Gasteiger partial charge in [-0.2, -0.15) is 0 Å². The predicted octanol–water partition coefficient (Wildman–Crippen LogP) is 6.29. The van der Waals surface area contributed by atoms with Crippen molar-refractivity contribution in [1.82, 2.24) is 10.2 Å². The van der Waals surface area contributed by atoms with Gasteiger partial charge in [0.05, 0.1) is 10.6 Å². The number of nitrogens with zero attached hydrogens (tertiary/aromatic N) is 2. The summed E-state index contributed by atoms with van der Waals surface area (Å²) in [6.45, 7) is 5.95. The van der Waals surface area contributed by atoms with E-state index in [0.29, 0.717) is 23.7 Å². The van der Waals surface area contributed by atoms with Crippen LogP contribution in [0.5, 0.6) is 0 Å². The molecule has 1 N–H and O–H groups in total. The fraction of sp³-hybridized carbons (Fsp3) is 0.355. The maximum absolute atomic E-state index is 14.1. The van der Waals surface area contributed by atoms with Crippen molar-refractivity contribution >= 4 is 50.9 Å². The molecule has 0 unspecified atom stereocenters. The Kier molecular flexibility index (Phi) is 12.1. The Morgan fingerprint density at radius 1 is 0.951 bits per heavy atom. The van der Waals surface area contributed by atoms with Crippen molar-refractivity contribution in [3.63, 3.8) is 0 Å². The molecule has 7 nitrogen and oxygen atoms in total. The third-order valence-electron chi connectivity index (χ3n) is 6.73. The minimum atomic E-state index is -4.11. The number of thioether (sulfide) groups is 1. The number of carbonyl (C=O) groups is 2. The van der Waals surface area contributed by atoms with Gasteiger partial charge in [0.1, 0.15) is 12.6 Å². The van der Waals surface area contributed by atoms with Crippen molar-refractivity contribution in [2.45, 2.75) is 62.4 Å². The van der Waals surface area contributed by atoms with Crippen LogP contribution >= 0.6 is 23.4 Å². The first-order valence-corrected chi connectivity index (χ1v) is 16.7. The molecule has 0 radical (unpaired) electrons. The molecule has 41 heavy (non-hydrogen) atoms. The number of unbranched alkanes of at least 4 members (excludes halogenated alkanes) is 1. The number of sulfonamides is 1. The van der Waals surface area contributed by atoms with E-state index < -0.39 is 28.5 Å². The number of rotatable bonds is 14. The number of hydrogen-bond acceptors (Lipinski definition) is 5. The number of aryl methyl sites for hydroxylation is 1. The molecule has 3 aromatic carbocycles. The van der Waals surface area contributed by atoms with E-state index in [9.17, 15) is 18.0 Å². The summed E-state index contributed by atoms with van der Waals surface area (Å²) in [6.07, 6.45) is 4.02. The second kappa shape index (κ2) is 15.3. The lowest BCUT2D eigenvalue weighted by Gasteiger charge is -2.33. The predicted molar refractivity (Wildman–Crippen MR) is 168 cm³/mol. The lowest BCUT2D eigenvalue weighted by molar-refractivity contribution is -0.140. The largest absolute Gasteiger partial charge is 0.354 e. The number of amides is 2. The first kappa shape index (κ1) is 32.5. The Morgan fingerprint density at radius 3 is 2.15 bits per heavy atom. The van der Waals surface area contributed by atoms with E-state index in [0.717, 1.165) is 33.2 Å². The van der Waals surface area contributed by atoms with E-state index in [-0.39, 0.29) is 17.3 Å². The number of nitrogens with one attached hydrogen (secondary N) is 1. The highest BCUT2D eigenvalue weighted by molar-refractivity contribution is 7.98. The van der Waals surface area contributed by atoms with Gasteiger partial charge in [-0.1, -0.05) is 61.7 Å². The molecule has 3 aromatic rings. The van der Waals surface area contributed by atoms with E-state index in [1.165, 1.54) is 16.7 Å². The van der Waals surface area contributed by atoms with Crippen LogP contribution in [-0.2, 0) is 26.2 Å². The van der Waals surface area contributed by atoms with Crippen LogP contribution in [0.1, 0.15) is 44.2 Å². The molecule has 0 aromatic heterocycles. The van der Waals surface area contributed by atoms with Crippen LogP contribution in [0, 0.1) is 6.92 Å². The van der Waals surface area contributed by atoms with Gasteiger partial charge in [0.15, 0.2) is 0 Å². The molecule has 220 valence electrons.